The van der Waals surface area contributed by atoms with Crippen molar-refractivity contribution in [3.8, 4) is 0 Å². The highest BCUT2D eigenvalue weighted by atomic mass is 31.2. The third-order valence-electron chi connectivity index (χ3n) is 17.2. The third-order valence-corrected chi connectivity index (χ3v) is 19.1. The van der Waals surface area contributed by atoms with Crippen LogP contribution >= 0.6 is 15.6 Å². The zero-order valence-corrected chi connectivity index (χ0v) is 63.1. The van der Waals surface area contributed by atoms with Gasteiger partial charge in [0, 0.05) is 25.7 Å². The van der Waals surface area contributed by atoms with E-state index in [0.717, 1.165) is 116 Å². The van der Waals surface area contributed by atoms with Gasteiger partial charge in [-0.05, 0) is 57.3 Å². The molecule has 0 aromatic heterocycles. The maximum absolute atomic E-state index is 13.1. The van der Waals surface area contributed by atoms with Crippen LogP contribution in [0.15, 0.2) is 24.3 Å². The number of esters is 4. The second-order valence-electron chi connectivity index (χ2n) is 27.2. The number of allylic oxidation sites excluding steroid dienone is 4. The SMILES string of the molecule is CCCCCC/C=C\C=C/CCCCCCCC(=O)OC[C@H](COP(=O)(O)OC[C@@H](O)COP(=O)(O)OC[C@@H](COC(=O)CCCCCCCCC(C)C)OC(=O)CCCCCCCCCCCCC)OC(=O)CCCCCCCCCCCCCCCCCCCCCC. The van der Waals surface area contributed by atoms with Gasteiger partial charge in [0.1, 0.15) is 19.3 Å². The predicted octanol–water partition coefficient (Wildman–Crippen LogP) is 22.0. The summed E-state index contributed by atoms with van der Waals surface area (Å²) in [5.41, 5.74) is 0. The molecule has 0 aliphatic rings. The maximum Gasteiger partial charge on any atom is 0.472 e. The van der Waals surface area contributed by atoms with Crippen molar-refractivity contribution in [1.82, 2.24) is 0 Å². The first-order valence-corrected chi connectivity index (χ1v) is 41.9. The van der Waals surface area contributed by atoms with Crippen LogP contribution in [0.5, 0.6) is 0 Å². The van der Waals surface area contributed by atoms with E-state index in [4.69, 9.17) is 37.0 Å². The van der Waals surface area contributed by atoms with Gasteiger partial charge in [0.2, 0.25) is 0 Å². The minimum atomic E-state index is -4.96. The normalized spacial score (nSPS) is 14.1. The lowest BCUT2D eigenvalue weighted by molar-refractivity contribution is -0.161. The zero-order chi connectivity index (χ0) is 69.8. The molecule has 2 unspecified atom stereocenters. The molecule has 0 fully saturated rings. The number of unbranched alkanes of at least 4 members (excludes halogenated alkanes) is 43. The van der Waals surface area contributed by atoms with E-state index >= 15 is 0 Å². The lowest BCUT2D eigenvalue weighted by Gasteiger charge is -2.21. The summed E-state index contributed by atoms with van der Waals surface area (Å²) in [5, 5.41) is 10.6. The number of phosphoric acid groups is 2. The Balaban J connectivity index is 5.23. The molecule has 0 radical (unpaired) electrons. The first-order valence-electron chi connectivity index (χ1n) is 39.0. The van der Waals surface area contributed by atoms with E-state index in [0.29, 0.717) is 31.6 Å². The van der Waals surface area contributed by atoms with Crippen LogP contribution < -0.4 is 0 Å². The summed E-state index contributed by atoms with van der Waals surface area (Å²) in [6.45, 7) is 7.13. The van der Waals surface area contributed by atoms with Crippen molar-refractivity contribution in [2.75, 3.05) is 39.6 Å². The third kappa shape index (κ3) is 69.8. The Labute approximate surface area is 580 Å². The van der Waals surface area contributed by atoms with E-state index < -0.39 is 97.5 Å². The van der Waals surface area contributed by atoms with Crippen molar-refractivity contribution in [2.24, 2.45) is 5.92 Å². The molecule has 3 N–H and O–H groups in total. The summed E-state index contributed by atoms with van der Waals surface area (Å²) in [5.74, 6) is -1.47. The van der Waals surface area contributed by atoms with Crippen LogP contribution in [0.1, 0.15) is 375 Å². The molecule has 0 aliphatic heterocycles. The van der Waals surface area contributed by atoms with Gasteiger partial charge < -0.3 is 33.8 Å². The molecule has 0 amide bonds. The molecule has 17 nitrogen and oxygen atoms in total. The van der Waals surface area contributed by atoms with E-state index in [2.05, 4.69) is 58.9 Å². The molecule has 0 saturated carbocycles. The van der Waals surface area contributed by atoms with Crippen LogP contribution in [0.25, 0.3) is 0 Å². The highest BCUT2D eigenvalue weighted by Crippen LogP contribution is 2.45. The van der Waals surface area contributed by atoms with E-state index in [1.165, 1.54) is 173 Å². The Morgan fingerprint density at radius 2 is 0.568 bits per heavy atom. The Hall–Kier alpha value is -2.46. The Morgan fingerprint density at radius 3 is 0.863 bits per heavy atom. The van der Waals surface area contributed by atoms with Crippen molar-refractivity contribution < 1.29 is 80.2 Å². The summed E-state index contributed by atoms with van der Waals surface area (Å²) in [6.07, 6.45) is 60.7. The van der Waals surface area contributed by atoms with Crippen molar-refractivity contribution >= 4 is 39.5 Å². The standard InChI is InChI=1S/C76H144O17P2/c1-6-9-12-15-18-21-24-26-28-29-30-31-32-34-36-39-42-45-52-57-62-76(81)92-71(65-86-73(78)59-54-49-43-40-38-35-33-27-25-22-19-16-13-10-7-2)67-90-94(82,83)88-63-70(77)64-89-95(84,85)91-68-72(66-87-74(79)60-55-50-47-46-48-53-58-69(4)5)93-75(80)61-56-51-44-41-37-23-20-17-14-11-8-3/h22,25,27,33,69-72,77H,6-21,23-24,26,28-32,34-68H2,1-5H3,(H,82,83)(H,84,85)/b25-22-,33-27-/t70-,71-,72-/m1/s1. The van der Waals surface area contributed by atoms with Gasteiger partial charge >= 0.3 is 39.5 Å². The topological polar surface area (TPSA) is 237 Å². The molecule has 560 valence electrons. The number of aliphatic hydroxyl groups excluding tert-OH is 1. The average molecular weight is 1390 g/mol. The largest absolute Gasteiger partial charge is 0.472 e. The number of aliphatic hydroxyl groups is 1. The van der Waals surface area contributed by atoms with Gasteiger partial charge in [0.05, 0.1) is 26.4 Å². The first kappa shape index (κ1) is 92.5. The molecule has 0 heterocycles. The van der Waals surface area contributed by atoms with Crippen LogP contribution in [0.2, 0.25) is 0 Å². The Morgan fingerprint density at radius 1 is 0.326 bits per heavy atom. The second kappa shape index (κ2) is 68.7. The van der Waals surface area contributed by atoms with E-state index in [9.17, 15) is 43.2 Å². The van der Waals surface area contributed by atoms with Crippen LogP contribution in [0.3, 0.4) is 0 Å². The molecule has 0 aromatic rings. The number of hydrogen-bond donors (Lipinski definition) is 3. The summed E-state index contributed by atoms with van der Waals surface area (Å²) in [6, 6.07) is 0. The number of ether oxygens (including phenoxy) is 4. The predicted molar refractivity (Wildman–Crippen MR) is 386 cm³/mol. The van der Waals surface area contributed by atoms with Crippen molar-refractivity contribution in [2.45, 2.75) is 393 Å². The summed E-state index contributed by atoms with van der Waals surface area (Å²) in [4.78, 5) is 72.7. The van der Waals surface area contributed by atoms with Crippen LogP contribution in [-0.4, -0.2) is 96.7 Å². The fourth-order valence-electron chi connectivity index (χ4n) is 11.2. The first-order chi connectivity index (χ1) is 46.0. The smallest absolute Gasteiger partial charge is 0.462 e. The minimum absolute atomic E-state index is 0.102. The van der Waals surface area contributed by atoms with E-state index in [1.54, 1.807) is 0 Å². The fraction of sp³-hybridized carbons (Fsp3) is 0.895. The summed E-state index contributed by atoms with van der Waals surface area (Å²) >= 11 is 0. The van der Waals surface area contributed by atoms with Crippen molar-refractivity contribution in [1.29, 1.82) is 0 Å². The van der Waals surface area contributed by atoms with Crippen molar-refractivity contribution in [3.05, 3.63) is 24.3 Å². The summed E-state index contributed by atoms with van der Waals surface area (Å²) < 4.78 is 68.4. The second-order valence-corrected chi connectivity index (χ2v) is 30.1. The minimum Gasteiger partial charge on any atom is -0.462 e. The fourth-order valence-corrected chi connectivity index (χ4v) is 12.7. The highest BCUT2D eigenvalue weighted by molar-refractivity contribution is 7.47. The Bertz CT molecular complexity index is 1920. The van der Waals surface area contributed by atoms with Crippen molar-refractivity contribution in [3.63, 3.8) is 0 Å². The molecule has 0 rings (SSSR count). The highest BCUT2D eigenvalue weighted by Gasteiger charge is 2.30. The van der Waals surface area contributed by atoms with E-state index in [1.807, 2.05) is 0 Å². The van der Waals surface area contributed by atoms with Gasteiger partial charge in [-0.25, -0.2) is 9.13 Å². The maximum atomic E-state index is 13.1. The number of phosphoric ester groups is 2. The monoisotopic (exact) mass is 1390 g/mol. The van der Waals surface area contributed by atoms with Gasteiger partial charge in [-0.2, -0.15) is 0 Å². The van der Waals surface area contributed by atoms with Gasteiger partial charge in [0.25, 0.3) is 0 Å². The molecule has 0 saturated heterocycles. The van der Waals surface area contributed by atoms with Crippen LogP contribution in [-0.2, 0) is 65.4 Å². The molecule has 19 heteroatoms. The molecule has 0 aromatic carbocycles. The number of hydrogen-bond acceptors (Lipinski definition) is 15. The molecule has 0 bridgehead atoms. The molecule has 0 aliphatic carbocycles. The summed E-state index contributed by atoms with van der Waals surface area (Å²) in [7, 11) is -9.92. The number of rotatable bonds is 74. The molecular weight excluding hydrogens is 1250 g/mol. The quantitative estimate of drug-likeness (QED) is 0.0169. The molecule has 95 heavy (non-hydrogen) atoms. The zero-order valence-electron chi connectivity index (χ0n) is 61.3. The molecule has 0 spiro atoms. The molecule has 5 atom stereocenters. The number of carbonyl (C=O) groups excluding carboxylic acids is 4. The van der Waals surface area contributed by atoms with Crippen LogP contribution in [0, 0.1) is 5.92 Å². The lowest BCUT2D eigenvalue weighted by atomic mass is 10.0. The van der Waals surface area contributed by atoms with Gasteiger partial charge in [-0.1, -0.05) is 322 Å². The lowest BCUT2D eigenvalue weighted by Crippen LogP contribution is -2.30. The average Bonchev–Trinajstić information content (AvgIpc) is 2.38. The molecular formula is C76H144O17P2. The van der Waals surface area contributed by atoms with Gasteiger partial charge in [-0.15, -0.1) is 0 Å². The van der Waals surface area contributed by atoms with E-state index in [-0.39, 0.29) is 25.7 Å². The number of carbonyl (C=O) groups is 4. The van der Waals surface area contributed by atoms with Gasteiger partial charge in [0.15, 0.2) is 12.2 Å². The van der Waals surface area contributed by atoms with Gasteiger partial charge in [-0.3, -0.25) is 37.3 Å². The Kier molecular flexibility index (Phi) is 66.9. The van der Waals surface area contributed by atoms with Crippen LogP contribution in [0.4, 0.5) is 0 Å².